The van der Waals surface area contributed by atoms with Crippen molar-refractivity contribution in [3.63, 3.8) is 0 Å². The van der Waals surface area contributed by atoms with Crippen molar-refractivity contribution in [3.05, 3.63) is 89.7 Å². The molecule has 166 valence electrons. The van der Waals surface area contributed by atoms with Gasteiger partial charge in [0.15, 0.2) is 5.78 Å². The quantitative estimate of drug-likeness (QED) is 0.364. The lowest BCUT2D eigenvalue weighted by atomic mass is 10.0. The number of nitrogens with zero attached hydrogens (tertiary/aromatic N) is 3. The number of carbonyl (C=O) groups excluding carboxylic acids is 1. The fourth-order valence-electron chi connectivity index (χ4n) is 4.11. The van der Waals surface area contributed by atoms with Crippen molar-refractivity contribution in [1.29, 1.82) is 0 Å². The van der Waals surface area contributed by atoms with Crippen LogP contribution in [0.25, 0.3) is 21.3 Å². The third-order valence-electron chi connectivity index (χ3n) is 5.88. The van der Waals surface area contributed by atoms with Crippen molar-refractivity contribution >= 4 is 33.0 Å². The number of allylic oxidation sites excluding steroid dienone is 1. The second-order valence-electron chi connectivity index (χ2n) is 8.14. The molecule has 5 nitrogen and oxygen atoms in total. The number of morpholine rings is 1. The molecule has 1 aliphatic heterocycles. The number of ketones is 1. The zero-order valence-corrected chi connectivity index (χ0v) is 19.2. The molecule has 4 aromatic rings. The van der Waals surface area contributed by atoms with E-state index in [0.29, 0.717) is 12.8 Å². The van der Waals surface area contributed by atoms with Gasteiger partial charge in [-0.3, -0.25) is 4.79 Å². The Morgan fingerprint density at radius 2 is 1.94 bits per heavy atom. The highest BCUT2D eigenvalue weighted by molar-refractivity contribution is 7.17. The second-order valence-corrected chi connectivity index (χ2v) is 9.05. The predicted octanol–water partition coefficient (Wildman–Crippen LogP) is 5.08. The van der Waals surface area contributed by atoms with Gasteiger partial charge in [-0.25, -0.2) is 9.97 Å². The molecular formula is C27H25N3O2S. The van der Waals surface area contributed by atoms with Crippen molar-refractivity contribution < 1.29 is 9.53 Å². The summed E-state index contributed by atoms with van der Waals surface area (Å²) in [7, 11) is 0. The first-order chi connectivity index (χ1) is 16.2. The molecule has 0 atom stereocenters. The predicted molar refractivity (Wildman–Crippen MR) is 134 cm³/mol. The summed E-state index contributed by atoms with van der Waals surface area (Å²) in [6.45, 7) is 7.00. The van der Waals surface area contributed by atoms with Gasteiger partial charge >= 0.3 is 0 Å². The number of hydrogen-bond donors (Lipinski definition) is 0. The minimum absolute atomic E-state index is 0.0200. The Hall–Kier alpha value is -3.35. The van der Waals surface area contributed by atoms with Crippen LogP contribution < -0.4 is 4.90 Å². The van der Waals surface area contributed by atoms with Gasteiger partial charge in [-0.1, -0.05) is 43.0 Å². The first kappa shape index (κ1) is 21.5. The summed E-state index contributed by atoms with van der Waals surface area (Å²) in [6, 6.07) is 16.8. The first-order valence-electron chi connectivity index (χ1n) is 11.1. The molecule has 5 rings (SSSR count). The van der Waals surface area contributed by atoms with Crippen molar-refractivity contribution in [3.8, 4) is 11.1 Å². The van der Waals surface area contributed by atoms with E-state index in [0.717, 1.165) is 59.0 Å². The monoisotopic (exact) mass is 455 g/mol. The van der Waals surface area contributed by atoms with Gasteiger partial charge in [-0.15, -0.1) is 11.3 Å². The Kier molecular flexibility index (Phi) is 6.28. The maximum atomic E-state index is 11.8. The molecule has 3 heterocycles. The lowest BCUT2D eigenvalue weighted by molar-refractivity contribution is -0.114. The number of fused-ring (bicyclic) bond motifs is 1. The molecule has 2 aromatic carbocycles. The molecule has 2 aromatic heterocycles. The van der Waals surface area contributed by atoms with Crippen LogP contribution in [0.2, 0.25) is 0 Å². The van der Waals surface area contributed by atoms with E-state index in [1.54, 1.807) is 11.3 Å². The van der Waals surface area contributed by atoms with E-state index < -0.39 is 0 Å². The Morgan fingerprint density at radius 1 is 1.12 bits per heavy atom. The third kappa shape index (κ3) is 4.87. The maximum absolute atomic E-state index is 11.8. The molecule has 0 bridgehead atoms. The smallest absolute Gasteiger partial charge is 0.159 e. The number of benzene rings is 2. The number of thiophene rings is 1. The van der Waals surface area contributed by atoms with Crippen LogP contribution in [0.15, 0.2) is 72.8 Å². The summed E-state index contributed by atoms with van der Waals surface area (Å²) in [5.41, 5.74) is 6.50. The van der Waals surface area contributed by atoms with Crippen molar-refractivity contribution in [2.24, 2.45) is 0 Å². The molecule has 0 spiro atoms. The molecule has 0 aliphatic carbocycles. The minimum atomic E-state index is 0.0200. The zero-order valence-electron chi connectivity index (χ0n) is 18.4. The lowest BCUT2D eigenvalue weighted by Crippen LogP contribution is -2.36. The van der Waals surface area contributed by atoms with E-state index in [9.17, 15) is 4.79 Å². The molecule has 0 saturated carbocycles. The molecule has 0 N–H and O–H groups in total. The van der Waals surface area contributed by atoms with Gasteiger partial charge in [0, 0.05) is 48.8 Å². The van der Waals surface area contributed by atoms with Crippen LogP contribution in [-0.2, 0) is 22.4 Å². The molecule has 0 amide bonds. The van der Waals surface area contributed by atoms with Gasteiger partial charge in [-0.05, 0) is 34.9 Å². The molecular weight excluding hydrogens is 430 g/mol. The van der Waals surface area contributed by atoms with Crippen LogP contribution in [0.4, 0.5) is 5.69 Å². The number of ether oxygens (including phenoxy) is 1. The highest BCUT2D eigenvalue weighted by Crippen LogP contribution is 2.33. The summed E-state index contributed by atoms with van der Waals surface area (Å²) in [4.78, 5) is 23.6. The minimum Gasteiger partial charge on any atom is -0.378 e. The summed E-state index contributed by atoms with van der Waals surface area (Å²) >= 11 is 1.64. The standard InChI is InChI=1S/C27H25N3O2S/c1-2-23(31)15-20-4-3-5-21(14-20)24-18-33-25-17-28-26(29-27(24)25)16-19-6-8-22(9-7-19)30-10-12-32-13-11-30/h2-9,14,17-18H,1,10-13,15-16H2. The number of aromatic nitrogens is 2. The topological polar surface area (TPSA) is 55.3 Å². The van der Waals surface area contributed by atoms with E-state index in [1.807, 2.05) is 18.3 Å². The second kappa shape index (κ2) is 9.65. The average Bonchev–Trinajstić information content (AvgIpc) is 3.28. The van der Waals surface area contributed by atoms with Gasteiger partial charge < -0.3 is 9.64 Å². The van der Waals surface area contributed by atoms with Crippen LogP contribution in [0.5, 0.6) is 0 Å². The van der Waals surface area contributed by atoms with E-state index in [1.165, 1.54) is 17.3 Å². The SMILES string of the molecule is C=CC(=O)Cc1cccc(-c2csc3cnc(Cc4ccc(N5CCOCC5)cc4)nc23)c1. The van der Waals surface area contributed by atoms with Crippen LogP contribution in [0.1, 0.15) is 17.0 Å². The van der Waals surface area contributed by atoms with Gasteiger partial charge in [0.2, 0.25) is 0 Å². The highest BCUT2D eigenvalue weighted by Gasteiger charge is 2.13. The Morgan fingerprint density at radius 3 is 2.73 bits per heavy atom. The van der Waals surface area contributed by atoms with E-state index in [2.05, 4.69) is 58.2 Å². The lowest BCUT2D eigenvalue weighted by Gasteiger charge is -2.28. The number of hydrogen-bond acceptors (Lipinski definition) is 6. The Labute approximate surface area is 197 Å². The summed E-state index contributed by atoms with van der Waals surface area (Å²) in [6.07, 6.45) is 4.33. The maximum Gasteiger partial charge on any atom is 0.159 e. The van der Waals surface area contributed by atoms with E-state index in [4.69, 9.17) is 9.72 Å². The van der Waals surface area contributed by atoms with Crippen LogP contribution in [0, 0.1) is 0 Å². The van der Waals surface area contributed by atoms with E-state index >= 15 is 0 Å². The number of anilines is 1. The normalized spacial score (nSPS) is 13.9. The molecule has 0 radical (unpaired) electrons. The fourth-order valence-corrected chi connectivity index (χ4v) is 4.98. The summed E-state index contributed by atoms with van der Waals surface area (Å²) in [5, 5.41) is 2.12. The zero-order chi connectivity index (χ0) is 22.6. The summed E-state index contributed by atoms with van der Waals surface area (Å²) in [5.74, 6) is 0.825. The highest BCUT2D eigenvalue weighted by atomic mass is 32.1. The van der Waals surface area contributed by atoms with Crippen LogP contribution in [0.3, 0.4) is 0 Å². The number of rotatable bonds is 7. The van der Waals surface area contributed by atoms with E-state index in [-0.39, 0.29) is 5.78 Å². The molecule has 1 saturated heterocycles. The van der Waals surface area contributed by atoms with Crippen molar-refractivity contribution in [2.75, 3.05) is 31.2 Å². The average molecular weight is 456 g/mol. The van der Waals surface area contributed by atoms with Gasteiger partial charge in [0.05, 0.1) is 23.4 Å². The van der Waals surface area contributed by atoms with Gasteiger partial charge in [0.1, 0.15) is 5.82 Å². The molecule has 6 heteroatoms. The molecule has 1 aliphatic rings. The van der Waals surface area contributed by atoms with Crippen LogP contribution in [-0.4, -0.2) is 42.1 Å². The fraction of sp³-hybridized carbons (Fsp3) is 0.222. The van der Waals surface area contributed by atoms with Gasteiger partial charge in [0.25, 0.3) is 0 Å². The molecule has 33 heavy (non-hydrogen) atoms. The molecule has 0 unspecified atom stereocenters. The van der Waals surface area contributed by atoms with Crippen LogP contribution >= 0.6 is 11.3 Å². The Balaban J connectivity index is 1.38. The largest absolute Gasteiger partial charge is 0.378 e. The van der Waals surface area contributed by atoms with Gasteiger partial charge in [-0.2, -0.15) is 0 Å². The Bertz CT molecular complexity index is 1290. The first-order valence-corrected chi connectivity index (χ1v) is 12.0. The third-order valence-corrected chi connectivity index (χ3v) is 6.79. The van der Waals surface area contributed by atoms with Crippen molar-refractivity contribution in [1.82, 2.24) is 9.97 Å². The molecule has 1 fully saturated rings. The number of carbonyl (C=O) groups is 1. The van der Waals surface area contributed by atoms with Crippen molar-refractivity contribution in [2.45, 2.75) is 12.8 Å². The summed E-state index contributed by atoms with van der Waals surface area (Å²) < 4.78 is 6.51.